The fraction of sp³-hybridized carbons (Fsp3) is 0.300. The highest BCUT2D eigenvalue weighted by molar-refractivity contribution is 6.30. The van der Waals surface area contributed by atoms with Crippen molar-refractivity contribution in [3.63, 3.8) is 0 Å². The molecule has 82 valence electrons. The molecular formula is C10H12ClNO3. The summed E-state index contributed by atoms with van der Waals surface area (Å²) in [6.45, 7) is 0.424. The van der Waals surface area contributed by atoms with Crippen LogP contribution in [0.25, 0.3) is 0 Å². The third kappa shape index (κ3) is 4.67. The maximum Gasteiger partial charge on any atom is 0.412 e. The number of halogens is 1. The number of amides is 1. The first-order valence-electron chi connectivity index (χ1n) is 4.54. The quantitative estimate of drug-likeness (QED) is 0.775. The minimum Gasteiger partial charge on any atom is -0.410 e. The van der Waals surface area contributed by atoms with Gasteiger partial charge in [0.25, 0.3) is 0 Å². The first-order chi connectivity index (χ1) is 7.22. The van der Waals surface area contributed by atoms with Crippen LogP contribution in [-0.2, 0) is 0 Å². The zero-order valence-electron chi connectivity index (χ0n) is 8.07. The van der Waals surface area contributed by atoms with E-state index in [1.807, 2.05) is 0 Å². The summed E-state index contributed by atoms with van der Waals surface area (Å²) in [5.74, 6) is 0.393. The number of hydrogen-bond acceptors (Lipinski definition) is 3. The van der Waals surface area contributed by atoms with Gasteiger partial charge in [0.05, 0.1) is 0 Å². The first-order valence-corrected chi connectivity index (χ1v) is 4.92. The van der Waals surface area contributed by atoms with Gasteiger partial charge in [0.2, 0.25) is 0 Å². The molecule has 0 heterocycles. The van der Waals surface area contributed by atoms with Gasteiger partial charge in [0.1, 0.15) is 5.75 Å². The van der Waals surface area contributed by atoms with Crippen LogP contribution in [0, 0.1) is 0 Å². The molecule has 0 aliphatic rings. The summed E-state index contributed by atoms with van der Waals surface area (Å²) in [4.78, 5) is 11.1. The highest BCUT2D eigenvalue weighted by Crippen LogP contribution is 2.16. The van der Waals surface area contributed by atoms with E-state index in [0.29, 0.717) is 23.7 Å². The van der Waals surface area contributed by atoms with Crippen LogP contribution in [0.1, 0.15) is 6.42 Å². The number of carbonyl (C=O) groups is 1. The highest BCUT2D eigenvalue weighted by Gasteiger charge is 2.02. The summed E-state index contributed by atoms with van der Waals surface area (Å²) < 4.78 is 4.93. The van der Waals surface area contributed by atoms with Crippen LogP contribution in [0.2, 0.25) is 5.02 Å². The lowest BCUT2D eigenvalue weighted by molar-refractivity contribution is 0.199. The lowest BCUT2D eigenvalue weighted by atomic mass is 10.3. The largest absolute Gasteiger partial charge is 0.412 e. The molecule has 0 radical (unpaired) electrons. The molecule has 0 fully saturated rings. The van der Waals surface area contributed by atoms with Gasteiger partial charge in [-0.25, -0.2) is 4.79 Å². The summed E-state index contributed by atoms with van der Waals surface area (Å²) in [6, 6.07) is 6.57. The van der Waals surface area contributed by atoms with Crippen molar-refractivity contribution in [3.05, 3.63) is 29.3 Å². The zero-order chi connectivity index (χ0) is 11.1. The van der Waals surface area contributed by atoms with Crippen LogP contribution in [0.4, 0.5) is 4.79 Å². The molecule has 0 spiro atoms. The molecule has 4 nitrogen and oxygen atoms in total. The van der Waals surface area contributed by atoms with Crippen molar-refractivity contribution >= 4 is 17.7 Å². The molecule has 0 saturated heterocycles. The molecule has 0 saturated carbocycles. The molecule has 1 rings (SSSR count). The summed E-state index contributed by atoms with van der Waals surface area (Å²) in [6.07, 6.45) is -0.0457. The maximum absolute atomic E-state index is 11.1. The van der Waals surface area contributed by atoms with Crippen LogP contribution in [0.15, 0.2) is 24.3 Å². The van der Waals surface area contributed by atoms with Crippen LogP contribution in [0.5, 0.6) is 5.75 Å². The number of benzene rings is 1. The number of aliphatic hydroxyl groups excluding tert-OH is 1. The van der Waals surface area contributed by atoms with Crippen molar-refractivity contribution in [1.82, 2.24) is 5.32 Å². The van der Waals surface area contributed by atoms with E-state index in [0.717, 1.165) is 0 Å². The summed E-state index contributed by atoms with van der Waals surface area (Å²) in [5, 5.41) is 11.5. The van der Waals surface area contributed by atoms with Gasteiger partial charge in [-0.15, -0.1) is 0 Å². The number of nitrogens with one attached hydrogen (secondary N) is 1. The van der Waals surface area contributed by atoms with E-state index in [-0.39, 0.29) is 6.61 Å². The van der Waals surface area contributed by atoms with Crippen LogP contribution >= 0.6 is 11.6 Å². The van der Waals surface area contributed by atoms with Crippen molar-refractivity contribution in [2.45, 2.75) is 6.42 Å². The fourth-order valence-corrected chi connectivity index (χ4v) is 1.12. The third-order valence-corrected chi connectivity index (χ3v) is 1.85. The zero-order valence-corrected chi connectivity index (χ0v) is 8.83. The van der Waals surface area contributed by atoms with E-state index in [4.69, 9.17) is 21.4 Å². The van der Waals surface area contributed by atoms with E-state index >= 15 is 0 Å². The molecule has 2 N–H and O–H groups in total. The van der Waals surface area contributed by atoms with Crippen LogP contribution in [0.3, 0.4) is 0 Å². The summed E-state index contributed by atoms with van der Waals surface area (Å²) in [7, 11) is 0. The predicted molar refractivity (Wildman–Crippen MR) is 57.2 cm³/mol. The second kappa shape index (κ2) is 6.27. The Labute approximate surface area is 92.8 Å². The lowest BCUT2D eigenvalue weighted by Gasteiger charge is -2.05. The Morgan fingerprint density at radius 1 is 1.53 bits per heavy atom. The van der Waals surface area contributed by atoms with Gasteiger partial charge in [0, 0.05) is 18.2 Å². The van der Waals surface area contributed by atoms with E-state index < -0.39 is 6.09 Å². The molecule has 0 bridgehead atoms. The Kier molecular flexibility index (Phi) is 4.93. The van der Waals surface area contributed by atoms with Gasteiger partial charge >= 0.3 is 6.09 Å². The second-order valence-electron chi connectivity index (χ2n) is 2.85. The fourth-order valence-electron chi connectivity index (χ4n) is 0.943. The average Bonchev–Trinajstić information content (AvgIpc) is 2.18. The van der Waals surface area contributed by atoms with Gasteiger partial charge in [-0.1, -0.05) is 17.7 Å². The van der Waals surface area contributed by atoms with E-state index in [2.05, 4.69) is 5.32 Å². The second-order valence-corrected chi connectivity index (χ2v) is 3.29. The average molecular weight is 230 g/mol. The van der Waals surface area contributed by atoms with Crippen molar-refractivity contribution in [3.8, 4) is 5.75 Å². The lowest BCUT2D eigenvalue weighted by Crippen LogP contribution is -2.28. The Bertz CT molecular complexity index is 330. The number of hydrogen-bond donors (Lipinski definition) is 2. The molecule has 0 aromatic heterocycles. The molecule has 1 aromatic rings. The number of rotatable bonds is 4. The molecule has 0 aliphatic heterocycles. The van der Waals surface area contributed by atoms with Gasteiger partial charge in [0.15, 0.2) is 0 Å². The molecule has 0 atom stereocenters. The highest BCUT2D eigenvalue weighted by atomic mass is 35.5. The Morgan fingerprint density at radius 2 is 2.33 bits per heavy atom. The van der Waals surface area contributed by atoms with Gasteiger partial charge in [-0.05, 0) is 24.6 Å². The third-order valence-electron chi connectivity index (χ3n) is 1.61. The van der Waals surface area contributed by atoms with Gasteiger partial charge < -0.3 is 15.2 Å². The molecule has 0 unspecified atom stereocenters. The summed E-state index contributed by atoms with van der Waals surface area (Å²) >= 11 is 5.71. The van der Waals surface area contributed by atoms with Crippen molar-refractivity contribution in [1.29, 1.82) is 0 Å². The topological polar surface area (TPSA) is 58.6 Å². The standard InChI is InChI=1S/C10H12ClNO3/c11-8-3-1-4-9(7-8)15-10(14)12-5-2-6-13/h1,3-4,7,13H,2,5-6H2,(H,12,14). The SMILES string of the molecule is O=C(NCCCO)Oc1cccc(Cl)c1. The van der Waals surface area contributed by atoms with Crippen molar-refractivity contribution < 1.29 is 14.6 Å². The van der Waals surface area contributed by atoms with Crippen molar-refractivity contribution in [2.24, 2.45) is 0 Å². The smallest absolute Gasteiger partial charge is 0.410 e. The molecule has 15 heavy (non-hydrogen) atoms. The monoisotopic (exact) mass is 229 g/mol. The number of carbonyl (C=O) groups excluding carboxylic acids is 1. The molecule has 0 aliphatic carbocycles. The molecule has 5 heteroatoms. The molecular weight excluding hydrogens is 218 g/mol. The first kappa shape index (κ1) is 11.8. The Balaban J connectivity index is 2.37. The number of aliphatic hydroxyl groups is 1. The molecule has 1 amide bonds. The van der Waals surface area contributed by atoms with Gasteiger partial charge in [-0.3, -0.25) is 0 Å². The van der Waals surface area contributed by atoms with Crippen LogP contribution < -0.4 is 10.1 Å². The predicted octanol–water partition coefficient (Wildman–Crippen LogP) is 1.81. The van der Waals surface area contributed by atoms with Gasteiger partial charge in [-0.2, -0.15) is 0 Å². The van der Waals surface area contributed by atoms with Crippen molar-refractivity contribution in [2.75, 3.05) is 13.2 Å². The minimum absolute atomic E-state index is 0.0391. The molecule has 1 aromatic carbocycles. The normalized spacial score (nSPS) is 9.73. The maximum atomic E-state index is 11.1. The van der Waals surface area contributed by atoms with E-state index in [1.165, 1.54) is 0 Å². The Morgan fingerprint density at radius 3 is 3.00 bits per heavy atom. The van der Waals surface area contributed by atoms with E-state index in [1.54, 1.807) is 24.3 Å². The number of ether oxygens (including phenoxy) is 1. The van der Waals surface area contributed by atoms with E-state index in [9.17, 15) is 4.79 Å². The Hall–Kier alpha value is -1.26. The minimum atomic E-state index is -0.550. The van der Waals surface area contributed by atoms with Crippen LogP contribution in [-0.4, -0.2) is 24.4 Å². The summed E-state index contributed by atoms with van der Waals surface area (Å²) in [5.41, 5.74) is 0.